The summed E-state index contributed by atoms with van der Waals surface area (Å²) in [4.78, 5) is 46.5. The van der Waals surface area contributed by atoms with E-state index in [0.29, 0.717) is 17.1 Å². The average molecular weight is 320 g/mol. The Hall–Kier alpha value is -2.90. The summed E-state index contributed by atoms with van der Waals surface area (Å²) in [6, 6.07) is 4.67. The van der Waals surface area contributed by atoms with E-state index in [0.717, 1.165) is 0 Å². The van der Waals surface area contributed by atoms with E-state index < -0.39 is 11.9 Å². The highest BCUT2D eigenvalue weighted by atomic mass is 16.5. The fourth-order valence-electron chi connectivity index (χ4n) is 2.12. The quantitative estimate of drug-likeness (QED) is 0.802. The van der Waals surface area contributed by atoms with Gasteiger partial charge in [-0.2, -0.15) is 0 Å². The van der Waals surface area contributed by atoms with Crippen LogP contribution in [0.15, 0.2) is 18.2 Å². The van der Waals surface area contributed by atoms with Gasteiger partial charge in [0.2, 0.25) is 5.91 Å². The summed E-state index contributed by atoms with van der Waals surface area (Å²) in [6.07, 6.45) is -0.392. The van der Waals surface area contributed by atoms with E-state index in [1.54, 1.807) is 12.1 Å². The van der Waals surface area contributed by atoms with Crippen molar-refractivity contribution in [2.24, 2.45) is 0 Å². The van der Waals surface area contributed by atoms with Crippen LogP contribution >= 0.6 is 0 Å². The minimum atomic E-state index is -1.05. The molecule has 2 amide bonds. The third-order valence-corrected chi connectivity index (χ3v) is 3.13. The van der Waals surface area contributed by atoms with Crippen molar-refractivity contribution in [3.05, 3.63) is 18.2 Å². The lowest BCUT2D eigenvalue weighted by Gasteiger charge is -2.28. The number of ether oxygens (including phenoxy) is 1. The van der Waals surface area contributed by atoms with Gasteiger partial charge >= 0.3 is 5.97 Å². The number of hydrogen-bond donors (Lipinski definition) is 2. The van der Waals surface area contributed by atoms with Gasteiger partial charge in [-0.25, -0.2) is 0 Å². The molecule has 8 heteroatoms. The van der Waals surface area contributed by atoms with Gasteiger partial charge in [-0.1, -0.05) is 0 Å². The van der Waals surface area contributed by atoms with Crippen molar-refractivity contribution in [2.45, 2.75) is 19.8 Å². The minimum Gasteiger partial charge on any atom is -0.481 e. The first-order valence-corrected chi connectivity index (χ1v) is 6.95. The molecule has 0 aromatic heterocycles. The summed E-state index contributed by atoms with van der Waals surface area (Å²) in [5.74, 6) is -1.57. The van der Waals surface area contributed by atoms with Crippen molar-refractivity contribution < 1.29 is 29.0 Å². The molecule has 0 bridgehead atoms. The van der Waals surface area contributed by atoms with E-state index in [4.69, 9.17) is 9.84 Å². The van der Waals surface area contributed by atoms with Crippen LogP contribution in [0.25, 0.3) is 0 Å². The molecule has 2 N–H and O–H groups in total. The molecule has 0 unspecified atom stereocenters. The summed E-state index contributed by atoms with van der Waals surface area (Å²) < 4.78 is 5.32. The first-order chi connectivity index (χ1) is 10.9. The number of Topliss-reactive ketones (excluding diaryl/α,β-unsaturated/α-hetero) is 1. The van der Waals surface area contributed by atoms with E-state index in [2.05, 4.69) is 5.32 Å². The molecule has 0 spiro atoms. The number of carbonyl (C=O) groups is 4. The second-order valence-corrected chi connectivity index (χ2v) is 5.09. The van der Waals surface area contributed by atoms with Crippen molar-refractivity contribution in [1.29, 1.82) is 0 Å². The molecule has 0 aliphatic carbocycles. The van der Waals surface area contributed by atoms with Crippen LogP contribution in [0.5, 0.6) is 5.75 Å². The number of nitrogens with one attached hydrogen (secondary N) is 1. The average Bonchev–Trinajstić information content (AvgIpc) is 2.48. The van der Waals surface area contributed by atoms with E-state index in [1.165, 1.54) is 17.9 Å². The number of fused-ring (bicyclic) bond motifs is 1. The molecule has 23 heavy (non-hydrogen) atoms. The maximum absolute atomic E-state index is 11.8. The van der Waals surface area contributed by atoms with Crippen LogP contribution in [-0.2, 0) is 19.2 Å². The highest BCUT2D eigenvalue weighted by Crippen LogP contribution is 2.34. The van der Waals surface area contributed by atoms with Gasteiger partial charge in [0.05, 0.1) is 18.7 Å². The summed E-state index contributed by atoms with van der Waals surface area (Å²) in [5.41, 5.74) is 0.885. The zero-order chi connectivity index (χ0) is 17.0. The Morgan fingerprint density at radius 3 is 2.70 bits per heavy atom. The van der Waals surface area contributed by atoms with Gasteiger partial charge in [0.25, 0.3) is 5.91 Å². The second kappa shape index (κ2) is 6.91. The molecule has 8 nitrogen and oxygen atoms in total. The number of aliphatic carboxylic acids is 1. The molecule has 0 saturated carbocycles. The van der Waals surface area contributed by atoms with Gasteiger partial charge in [0, 0.05) is 18.2 Å². The van der Waals surface area contributed by atoms with Crippen molar-refractivity contribution in [3.63, 3.8) is 0 Å². The molecule has 1 aromatic rings. The third kappa shape index (κ3) is 4.29. The predicted octanol–water partition coefficient (Wildman–Crippen LogP) is 0.804. The fourth-order valence-corrected chi connectivity index (χ4v) is 2.12. The van der Waals surface area contributed by atoms with Crippen LogP contribution < -0.4 is 15.0 Å². The largest absolute Gasteiger partial charge is 0.481 e. The van der Waals surface area contributed by atoms with Crippen LogP contribution in [0.1, 0.15) is 19.8 Å². The molecular weight excluding hydrogens is 304 g/mol. The Labute approximate surface area is 132 Å². The number of amides is 2. The number of hydrogen-bond acceptors (Lipinski definition) is 5. The Balaban J connectivity index is 2.13. The Morgan fingerprint density at radius 2 is 2.04 bits per heavy atom. The maximum atomic E-state index is 11.8. The van der Waals surface area contributed by atoms with Gasteiger partial charge in [-0.15, -0.1) is 0 Å². The lowest BCUT2D eigenvalue weighted by atomic mass is 10.2. The normalized spacial score (nSPS) is 13.1. The number of rotatable bonds is 6. The number of nitrogens with zero attached hydrogens (tertiary/aromatic N) is 1. The monoisotopic (exact) mass is 320 g/mol. The lowest BCUT2D eigenvalue weighted by Crippen LogP contribution is -2.41. The van der Waals surface area contributed by atoms with E-state index in [9.17, 15) is 19.2 Å². The first kappa shape index (κ1) is 16.5. The van der Waals surface area contributed by atoms with Crippen LogP contribution in [0.4, 0.5) is 11.4 Å². The van der Waals surface area contributed by atoms with Gasteiger partial charge in [0.1, 0.15) is 11.5 Å². The zero-order valence-corrected chi connectivity index (χ0v) is 12.5. The summed E-state index contributed by atoms with van der Waals surface area (Å²) in [6.45, 7) is 1.16. The van der Waals surface area contributed by atoms with Crippen LogP contribution in [0.3, 0.4) is 0 Å². The number of benzene rings is 1. The van der Waals surface area contributed by atoms with Crippen molar-refractivity contribution in [3.8, 4) is 5.75 Å². The standard InChI is InChI=1S/C15H16N2O6/c1-9(18)7-17-11-3-2-10(6-12(11)23-8-14(17)20)16-13(19)4-5-15(21)22/h2-3,6H,4-5,7-8H2,1H3,(H,16,19)(H,21,22). The van der Waals surface area contributed by atoms with Crippen LogP contribution in [0.2, 0.25) is 0 Å². The second-order valence-electron chi connectivity index (χ2n) is 5.09. The van der Waals surface area contributed by atoms with Crippen molar-refractivity contribution >= 4 is 34.9 Å². The highest BCUT2D eigenvalue weighted by molar-refractivity contribution is 6.02. The molecule has 1 heterocycles. The predicted molar refractivity (Wildman–Crippen MR) is 80.5 cm³/mol. The summed E-state index contributed by atoms with van der Waals surface area (Å²) in [5, 5.41) is 11.1. The Bertz CT molecular complexity index is 670. The molecule has 1 aliphatic rings. The molecule has 0 saturated heterocycles. The smallest absolute Gasteiger partial charge is 0.303 e. The van der Waals surface area contributed by atoms with Crippen molar-refractivity contribution in [2.75, 3.05) is 23.4 Å². The molecule has 0 radical (unpaired) electrons. The van der Waals surface area contributed by atoms with E-state index in [-0.39, 0.29) is 37.7 Å². The molecule has 0 fully saturated rings. The summed E-state index contributed by atoms with van der Waals surface area (Å²) >= 11 is 0. The topological polar surface area (TPSA) is 113 Å². The Kier molecular flexibility index (Phi) is 4.95. The Morgan fingerprint density at radius 1 is 1.30 bits per heavy atom. The number of anilines is 2. The molecule has 0 atom stereocenters. The molecule has 122 valence electrons. The number of carbonyl (C=O) groups excluding carboxylic acids is 3. The number of carboxylic acids is 1. The fraction of sp³-hybridized carbons (Fsp3) is 0.333. The molecule has 1 aromatic carbocycles. The van der Waals surface area contributed by atoms with Gasteiger partial charge in [-0.05, 0) is 19.1 Å². The van der Waals surface area contributed by atoms with Crippen molar-refractivity contribution in [1.82, 2.24) is 0 Å². The number of carboxylic acid groups (broad SMARTS) is 1. The highest BCUT2D eigenvalue weighted by Gasteiger charge is 2.26. The molecule has 2 rings (SSSR count). The van der Waals surface area contributed by atoms with Crippen LogP contribution in [0, 0.1) is 0 Å². The first-order valence-electron chi connectivity index (χ1n) is 6.95. The third-order valence-electron chi connectivity index (χ3n) is 3.13. The van der Waals surface area contributed by atoms with E-state index >= 15 is 0 Å². The zero-order valence-electron chi connectivity index (χ0n) is 12.5. The lowest BCUT2D eigenvalue weighted by molar-refractivity contribution is -0.138. The molecular formula is C15H16N2O6. The van der Waals surface area contributed by atoms with E-state index in [1.807, 2.05) is 0 Å². The maximum Gasteiger partial charge on any atom is 0.303 e. The van der Waals surface area contributed by atoms with Crippen LogP contribution in [-0.4, -0.2) is 41.8 Å². The SMILES string of the molecule is CC(=O)CN1C(=O)COc2cc(NC(=O)CCC(=O)O)ccc21. The van der Waals surface area contributed by atoms with Gasteiger partial charge in [0.15, 0.2) is 6.61 Å². The van der Waals surface area contributed by atoms with Gasteiger partial charge in [-0.3, -0.25) is 24.1 Å². The van der Waals surface area contributed by atoms with Gasteiger partial charge < -0.3 is 15.2 Å². The number of ketones is 1. The summed E-state index contributed by atoms with van der Waals surface area (Å²) in [7, 11) is 0. The minimum absolute atomic E-state index is 0.0422. The molecule has 1 aliphatic heterocycles.